The molecule has 1 N–H and O–H groups in total. The Morgan fingerprint density at radius 1 is 1.09 bits per heavy atom. The van der Waals surface area contributed by atoms with Crippen molar-refractivity contribution in [2.75, 3.05) is 13.7 Å². The first-order valence-corrected chi connectivity index (χ1v) is 12.2. The highest BCUT2D eigenvalue weighted by atomic mass is 32.2. The first-order valence-electron chi connectivity index (χ1n) is 10.8. The molecular formula is C24H29N3O4S. The summed E-state index contributed by atoms with van der Waals surface area (Å²) in [5.74, 6) is 1.66. The van der Waals surface area contributed by atoms with Crippen LogP contribution in [0.2, 0.25) is 0 Å². The van der Waals surface area contributed by atoms with Gasteiger partial charge in [-0.05, 0) is 57.2 Å². The minimum absolute atomic E-state index is 0.0740. The molecule has 1 aliphatic rings. The number of hydrogen-bond donors (Lipinski definition) is 1. The molecule has 0 unspecified atom stereocenters. The van der Waals surface area contributed by atoms with E-state index in [1.54, 1.807) is 33.1 Å². The van der Waals surface area contributed by atoms with E-state index in [0.29, 0.717) is 13.2 Å². The molecule has 1 aliphatic heterocycles. The highest BCUT2D eigenvalue weighted by molar-refractivity contribution is 7.89. The lowest BCUT2D eigenvalue weighted by Crippen LogP contribution is -2.30. The van der Waals surface area contributed by atoms with Crippen LogP contribution < -0.4 is 9.46 Å². The number of fused-ring (bicyclic) bond motifs is 1. The number of methoxy groups -OCH3 is 1. The average molecular weight is 456 g/mol. The molecule has 0 bridgehead atoms. The molecule has 32 heavy (non-hydrogen) atoms. The van der Waals surface area contributed by atoms with E-state index in [2.05, 4.69) is 16.2 Å². The molecule has 7 nitrogen and oxygen atoms in total. The van der Waals surface area contributed by atoms with E-state index in [0.717, 1.165) is 40.5 Å². The van der Waals surface area contributed by atoms with Crippen molar-refractivity contribution in [2.45, 2.75) is 50.8 Å². The zero-order valence-corrected chi connectivity index (χ0v) is 19.6. The summed E-state index contributed by atoms with van der Waals surface area (Å²) in [5, 5.41) is 0. The Hall–Kier alpha value is -2.68. The van der Waals surface area contributed by atoms with Gasteiger partial charge in [0.15, 0.2) is 0 Å². The zero-order valence-electron chi connectivity index (χ0n) is 18.8. The molecule has 1 atom stereocenters. The van der Waals surface area contributed by atoms with Crippen molar-refractivity contribution in [3.05, 3.63) is 54.2 Å². The topological polar surface area (TPSA) is 82.5 Å². The number of sulfonamides is 1. The Morgan fingerprint density at radius 2 is 1.75 bits per heavy atom. The standard InChI is InChI=1S/C24H29N3O4S/c1-16(2)26-32(28,29)21-11-7-18(8-12-21)23-22-13-14-31-17(3)15-27(22)24(25-23)19-5-9-20(30-4)10-6-19/h5-12,16-17,26H,13-15H2,1-4H3/t17-/m1/s1. The number of aromatic nitrogens is 2. The van der Waals surface area contributed by atoms with Gasteiger partial charge < -0.3 is 14.0 Å². The summed E-state index contributed by atoms with van der Waals surface area (Å²) in [5.41, 5.74) is 3.82. The molecule has 170 valence electrons. The van der Waals surface area contributed by atoms with Crippen LogP contribution in [-0.4, -0.2) is 43.8 Å². The van der Waals surface area contributed by atoms with Crippen LogP contribution in [0.25, 0.3) is 22.6 Å². The third kappa shape index (κ3) is 4.57. The van der Waals surface area contributed by atoms with E-state index in [1.165, 1.54) is 0 Å². The second-order valence-electron chi connectivity index (χ2n) is 8.30. The maximum Gasteiger partial charge on any atom is 0.240 e. The van der Waals surface area contributed by atoms with Crippen molar-refractivity contribution in [3.63, 3.8) is 0 Å². The Bertz CT molecular complexity index is 1180. The van der Waals surface area contributed by atoms with Gasteiger partial charge in [-0.2, -0.15) is 0 Å². The first kappa shape index (κ1) is 22.5. The summed E-state index contributed by atoms with van der Waals surface area (Å²) >= 11 is 0. The van der Waals surface area contributed by atoms with Crippen molar-refractivity contribution >= 4 is 10.0 Å². The monoisotopic (exact) mass is 455 g/mol. The molecule has 3 aromatic rings. The number of nitrogens with zero attached hydrogens (tertiary/aromatic N) is 2. The molecule has 8 heteroatoms. The second-order valence-corrected chi connectivity index (χ2v) is 10.0. The van der Waals surface area contributed by atoms with Crippen LogP contribution in [0, 0.1) is 0 Å². The van der Waals surface area contributed by atoms with Crippen LogP contribution in [0.1, 0.15) is 26.5 Å². The van der Waals surface area contributed by atoms with Gasteiger partial charge in [-0.25, -0.2) is 18.1 Å². The Balaban J connectivity index is 1.77. The van der Waals surface area contributed by atoms with E-state index >= 15 is 0 Å². The Morgan fingerprint density at radius 3 is 2.38 bits per heavy atom. The number of imidazole rings is 1. The predicted molar refractivity (Wildman–Crippen MR) is 124 cm³/mol. The maximum absolute atomic E-state index is 12.5. The maximum atomic E-state index is 12.5. The van der Waals surface area contributed by atoms with Gasteiger partial charge in [-0.1, -0.05) is 12.1 Å². The summed E-state index contributed by atoms with van der Waals surface area (Å²) in [6, 6.07) is 14.6. The van der Waals surface area contributed by atoms with Crippen molar-refractivity contribution in [1.29, 1.82) is 0 Å². The van der Waals surface area contributed by atoms with Gasteiger partial charge >= 0.3 is 0 Å². The molecule has 0 fully saturated rings. The quantitative estimate of drug-likeness (QED) is 0.610. The number of hydrogen-bond acceptors (Lipinski definition) is 5. The average Bonchev–Trinajstić information content (AvgIpc) is 2.99. The van der Waals surface area contributed by atoms with Gasteiger partial charge in [0.25, 0.3) is 0 Å². The van der Waals surface area contributed by atoms with Crippen LogP contribution in [0.3, 0.4) is 0 Å². The third-order valence-electron chi connectivity index (χ3n) is 5.43. The van der Waals surface area contributed by atoms with Crippen LogP contribution in [0.4, 0.5) is 0 Å². The summed E-state index contributed by atoms with van der Waals surface area (Å²) in [7, 11) is -1.89. The summed E-state index contributed by atoms with van der Waals surface area (Å²) < 4.78 is 41.0. The second kappa shape index (κ2) is 9.05. The number of benzene rings is 2. The summed E-state index contributed by atoms with van der Waals surface area (Å²) in [6.07, 6.45) is 0.808. The Kier molecular flexibility index (Phi) is 6.37. The normalized spacial score (nSPS) is 16.6. The molecular weight excluding hydrogens is 426 g/mol. The number of nitrogens with one attached hydrogen (secondary N) is 1. The van der Waals surface area contributed by atoms with E-state index in [-0.39, 0.29) is 17.0 Å². The molecule has 0 saturated carbocycles. The van der Waals surface area contributed by atoms with Gasteiger partial charge in [-0.3, -0.25) is 0 Å². The molecule has 2 heterocycles. The molecule has 0 spiro atoms. The van der Waals surface area contributed by atoms with E-state index in [4.69, 9.17) is 14.5 Å². The fourth-order valence-corrected chi connectivity index (χ4v) is 5.22. The van der Waals surface area contributed by atoms with Crippen molar-refractivity contribution < 1.29 is 17.9 Å². The minimum Gasteiger partial charge on any atom is -0.497 e. The van der Waals surface area contributed by atoms with E-state index in [9.17, 15) is 8.42 Å². The number of ether oxygens (including phenoxy) is 2. The zero-order chi connectivity index (χ0) is 22.9. The molecule has 4 rings (SSSR count). The SMILES string of the molecule is COc1ccc(-c2nc(-c3ccc(S(=O)(=O)NC(C)C)cc3)c3n2C[C@@H](C)OCC3)cc1. The van der Waals surface area contributed by atoms with Crippen LogP contribution >= 0.6 is 0 Å². The largest absolute Gasteiger partial charge is 0.497 e. The van der Waals surface area contributed by atoms with Gasteiger partial charge in [0.1, 0.15) is 11.6 Å². The lowest BCUT2D eigenvalue weighted by atomic mass is 10.1. The van der Waals surface area contributed by atoms with E-state index < -0.39 is 10.0 Å². The fraction of sp³-hybridized carbons (Fsp3) is 0.375. The van der Waals surface area contributed by atoms with Crippen molar-refractivity contribution in [3.8, 4) is 28.4 Å². The lowest BCUT2D eigenvalue weighted by Gasteiger charge is -2.13. The molecule has 0 radical (unpaired) electrons. The van der Waals surface area contributed by atoms with Crippen molar-refractivity contribution in [1.82, 2.24) is 14.3 Å². The first-order chi connectivity index (χ1) is 15.3. The lowest BCUT2D eigenvalue weighted by molar-refractivity contribution is 0.0666. The van der Waals surface area contributed by atoms with Gasteiger partial charge in [0, 0.05) is 29.3 Å². The van der Waals surface area contributed by atoms with Crippen LogP contribution in [-0.2, 0) is 27.7 Å². The summed E-state index contributed by atoms with van der Waals surface area (Å²) in [4.78, 5) is 5.25. The minimum atomic E-state index is -3.54. The smallest absolute Gasteiger partial charge is 0.240 e. The molecule has 0 amide bonds. The molecule has 0 saturated heterocycles. The molecule has 0 aliphatic carbocycles. The highest BCUT2D eigenvalue weighted by Crippen LogP contribution is 2.33. The number of rotatable bonds is 6. The predicted octanol–water partition coefficient (Wildman–Crippen LogP) is 3.87. The van der Waals surface area contributed by atoms with E-state index in [1.807, 2.05) is 36.4 Å². The molecule has 2 aromatic carbocycles. The van der Waals surface area contributed by atoms with Crippen LogP contribution in [0.5, 0.6) is 5.75 Å². The molecule has 1 aromatic heterocycles. The summed E-state index contributed by atoms with van der Waals surface area (Å²) in [6.45, 7) is 6.99. The van der Waals surface area contributed by atoms with Gasteiger partial charge in [0.2, 0.25) is 10.0 Å². The van der Waals surface area contributed by atoms with Gasteiger partial charge in [-0.15, -0.1) is 0 Å². The van der Waals surface area contributed by atoms with Crippen LogP contribution in [0.15, 0.2) is 53.4 Å². The Labute approximate surface area is 189 Å². The van der Waals surface area contributed by atoms with Gasteiger partial charge in [0.05, 0.1) is 37.0 Å². The third-order valence-corrected chi connectivity index (χ3v) is 7.11. The highest BCUT2D eigenvalue weighted by Gasteiger charge is 2.24. The van der Waals surface area contributed by atoms with Crippen molar-refractivity contribution in [2.24, 2.45) is 0 Å². The fourth-order valence-electron chi connectivity index (χ4n) is 3.97.